The van der Waals surface area contributed by atoms with Crippen molar-refractivity contribution in [3.05, 3.63) is 34.5 Å². The molecule has 0 aromatic carbocycles. The Kier molecular flexibility index (Phi) is 3.79. The van der Waals surface area contributed by atoms with E-state index in [1.165, 1.54) is 6.07 Å². The summed E-state index contributed by atoms with van der Waals surface area (Å²) in [6.07, 6.45) is 6.29. The van der Waals surface area contributed by atoms with E-state index < -0.39 is 0 Å². The van der Waals surface area contributed by atoms with Crippen molar-refractivity contribution >= 4 is 17.0 Å². The molecule has 1 aliphatic rings. The number of halogens is 1. The Morgan fingerprint density at radius 1 is 1.53 bits per heavy atom. The van der Waals surface area contributed by atoms with Crippen molar-refractivity contribution in [2.45, 2.75) is 32.0 Å². The molecule has 3 heterocycles. The van der Waals surface area contributed by atoms with Crippen molar-refractivity contribution in [2.75, 3.05) is 11.9 Å². The van der Waals surface area contributed by atoms with E-state index in [1.807, 2.05) is 10.9 Å². The third-order valence-electron chi connectivity index (χ3n) is 3.14. The molecule has 0 aliphatic carbocycles. The molecule has 1 unspecified atom stereocenters. The molecule has 1 fully saturated rings. The number of hydrogen-bond acceptors (Lipinski definition) is 4. The topological polar surface area (TPSA) is 39.1 Å². The smallest absolute Gasteiger partial charge is 0.176 e. The molecule has 0 amide bonds. The van der Waals surface area contributed by atoms with Crippen molar-refractivity contribution < 1.29 is 9.13 Å². The number of thiophene rings is 1. The van der Waals surface area contributed by atoms with Gasteiger partial charge in [-0.15, -0.1) is 11.3 Å². The molecular weight excluding hydrogens is 265 g/mol. The van der Waals surface area contributed by atoms with Crippen LogP contribution < -0.4 is 5.32 Å². The number of aromatic nitrogens is 2. The predicted octanol–water partition coefficient (Wildman–Crippen LogP) is 2.87. The Morgan fingerprint density at radius 3 is 3.21 bits per heavy atom. The standard InChI is InChI=1S/C13H16FN3OS/c14-13-4-3-12(19-13)7-15-10-6-16-17(8-10)9-11-2-1-5-18-11/h3-4,6,8,11,15H,1-2,5,7,9H2. The highest BCUT2D eigenvalue weighted by Gasteiger charge is 2.16. The molecule has 2 aromatic rings. The molecule has 4 nitrogen and oxygen atoms in total. The van der Waals surface area contributed by atoms with Crippen LogP contribution in [0, 0.1) is 5.13 Å². The third kappa shape index (κ3) is 3.33. The van der Waals surface area contributed by atoms with Gasteiger partial charge in [0.15, 0.2) is 5.13 Å². The lowest BCUT2D eigenvalue weighted by Gasteiger charge is -2.08. The lowest BCUT2D eigenvalue weighted by Crippen LogP contribution is -2.15. The summed E-state index contributed by atoms with van der Waals surface area (Å²) in [4.78, 5) is 0.976. The van der Waals surface area contributed by atoms with Gasteiger partial charge in [0.25, 0.3) is 0 Å². The van der Waals surface area contributed by atoms with E-state index in [1.54, 1.807) is 12.3 Å². The van der Waals surface area contributed by atoms with E-state index in [4.69, 9.17) is 4.74 Å². The molecule has 1 N–H and O–H groups in total. The minimum atomic E-state index is -0.147. The second kappa shape index (κ2) is 5.71. The minimum Gasteiger partial charge on any atom is -0.378 e. The van der Waals surface area contributed by atoms with Crippen LogP contribution in [0.1, 0.15) is 17.7 Å². The summed E-state index contributed by atoms with van der Waals surface area (Å²) in [7, 11) is 0. The first kappa shape index (κ1) is 12.6. The Hall–Kier alpha value is -1.40. The van der Waals surface area contributed by atoms with Crippen LogP contribution in [0.2, 0.25) is 0 Å². The molecule has 0 spiro atoms. The Bertz CT molecular complexity index is 533. The Balaban J connectivity index is 1.52. The molecule has 102 valence electrons. The maximum atomic E-state index is 12.8. The first-order valence-electron chi connectivity index (χ1n) is 6.42. The lowest BCUT2D eigenvalue weighted by molar-refractivity contribution is 0.0940. The molecule has 0 radical (unpaired) electrons. The average molecular weight is 281 g/mol. The first-order chi connectivity index (χ1) is 9.29. The van der Waals surface area contributed by atoms with Crippen LogP contribution in [0.4, 0.5) is 10.1 Å². The van der Waals surface area contributed by atoms with Gasteiger partial charge in [0.2, 0.25) is 0 Å². The fraction of sp³-hybridized carbons (Fsp3) is 0.462. The molecule has 1 atom stereocenters. The number of rotatable bonds is 5. The summed E-state index contributed by atoms with van der Waals surface area (Å²) in [6, 6.07) is 3.28. The van der Waals surface area contributed by atoms with Crippen LogP contribution in [0.3, 0.4) is 0 Å². The summed E-state index contributed by atoms with van der Waals surface area (Å²) < 4.78 is 20.3. The van der Waals surface area contributed by atoms with E-state index in [2.05, 4.69) is 10.4 Å². The van der Waals surface area contributed by atoms with Gasteiger partial charge in [0.05, 0.1) is 24.5 Å². The molecule has 1 aliphatic heterocycles. The normalized spacial score (nSPS) is 18.9. The molecule has 2 aromatic heterocycles. The van der Waals surface area contributed by atoms with E-state index in [0.717, 1.165) is 47.9 Å². The monoisotopic (exact) mass is 281 g/mol. The zero-order chi connectivity index (χ0) is 13.1. The summed E-state index contributed by atoms with van der Waals surface area (Å²) in [5.41, 5.74) is 0.951. The molecule has 3 rings (SSSR count). The van der Waals surface area contributed by atoms with Crippen molar-refractivity contribution in [1.82, 2.24) is 9.78 Å². The van der Waals surface area contributed by atoms with E-state index in [0.29, 0.717) is 12.6 Å². The molecule has 19 heavy (non-hydrogen) atoms. The number of anilines is 1. The lowest BCUT2D eigenvalue weighted by atomic mass is 10.2. The summed E-state index contributed by atoms with van der Waals surface area (Å²) in [5, 5.41) is 7.39. The zero-order valence-corrected chi connectivity index (χ0v) is 11.3. The fourth-order valence-electron chi connectivity index (χ4n) is 2.19. The van der Waals surface area contributed by atoms with Crippen LogP contribution in [0.15, 0.2) is 24.5 Å². The maximum Gasteiger partial charge on any atom is 0.176 e. The number of hydrogen-bond donors (Lipinski definition) is 1. The quantitative estimate of drug-likeness (QED) is 0.916. The summed E-state index contributed by atoms with van der Waals surface area (Å²) in [5.74, 6) is 0. The van der Waals surface area contributed by atoms with Crippen molar-refractivity contribution in [3.63, 3.8) is 0 Å². The molecule has 6 heteroatoms. The van der Waals surface area contributed by atoms with Crippen LogP contribution in [0.5, 0.6) is 0 Å². The largest absolute Gasteiger partial charge is 0.378 e. The maximum absolute atomic E-state index is 12.8. The van der Waals surface area contributed by atoms with Crippen molar-refractivity contribution in [2.24, 2.45) is 0 Å². The van der Waals surface area contributed by atoms with E-state index >= 15 is 0 Å². The van der Waals surface area contributed by atoms with Gasteiger partial charge in [-0.1, -0.05) is 0 Å². The second-order valence-electron chi connectivity index (χ2n) is 4.65. The van der Waals surface area contributed by atoms with E-state index in [-0.39, 0.29) is 5.13 Å². The van der Waals surface area contributed by atoms with Crippen LogP contribution in [-0.4, -0.2) is 22.5 Å². The Labute approximate surface area is 115 Å². The number of ether oxygens (including phenoxy) is 1. The van der Waals surface area contributed by atoms with Crippen molar-refractivity contribution in [1.29, 1.82) is 0 Å². The summed E-state index contributed by atoms with van der Waals surface area (Å²) >= 11 is 1.16. The van der Waals surface area contributed by atoms with E-state index in [9.17, 15) is 4.39 Å². The number of nitrogens with one attached hydrogen (secondary N) is 1. The second-order valence-corrected chi connectivity index (χ2v) is 5.76. The van der Waals surface area contributed by atoms with Crippen LogP contribution >= 0.6 is 11.3 Å². The van der Waals surface area contributed by atoms with Crippen LogP contribution in [-0.2, 0) is 17.8 Å². The minimum absolute atomic E-state index is 0.147. The van der Waals surface area contributed by atoms with Gasteiger partial charge in [-0.25, -0.2) is 0 Å². The average Bonchev–Trinajstić information content (AvgIpc) is 3.10. The van der Waals surface area contributed by atoms with Gasteiger partial charge in [0.1, 0.15) is 0 Å². The first-order valence-corrected chi connectivity index (χ1v) is 7.23. The zero-order valence-electron chi connectivity index (χ0n) is 10.5. The molecule has 0 bridgehead atoms. The molecule has 1 saturated heterocycles. The highest BCUT2D eigenvalue weighted by Crippen LogP contribution is 2.17. The van der Waals surface area contributed by atoms with Gasteiger partial charge in [-0.3, -0.25) is 4.68 Å². The number of nitrogens with zero attached hydrogens (tertiary/aromatic N) is 2. The van der Waals surface area contributed by atoms with Gasteiger partial charge in [-0.05, 0) is 25.0 Å². The van der Waals surface area contributed by atoms with Gasteiger partial charge < -0.3 is 10.1 Å². The highest BCUT2D eigenvalue weighted by molar-refractivity contribution is 7.10. The molecule has 0 saturated carbocycles. The van der Waals surface area contributed by atoms with Gasteiger partial charge >= 0.3 is 0 Å². The van der Waals surface area contributed by atoms with Crippen LogP contribution in [0.25, 0.3) is 0 Å². The molecular formula is C13H16FN3OS. The van der Waals surface area contributed by atoms with Gasteiger partial charge in [0, 0.05) is 24.2 Å². The summed E-state index contributed by atoms with van der Waals surface area (Å²) in [6.45, 7) is 2.29. The Morgan fingerprint density at radius 2 is 2.47 bits per heavy atom. The highest BCUT2D eigenvalue weighted by atomic mass is 32.1. The predicted molar refractivity (Wildman–Crippen MR) is 72.8 cm³/mol. The third-order valence-corrected chi connectivity index (χ3v) is 4.02. The van der Waals surface area contributed by atoms with Crippen molar-refractivity contribution in [3.8, 4) is 0 Å². The fourth-order valence-corrected chi connectivity index (χ4v) is 2.85. The SMILES string of the molecule is Fc1ccc(CNc2cnn(CC3CCCO3)c2)s1. The van der Waals surface area contributed by atoms with Gasteiger partial charge in [-0.2, -0.15) is 9.49 Å².